The summed E-state index contributed by atoms with van der Waals surface area (Å²) in [6, 6.07) is 8.49. The molecule has 158 valence electrons. The zero-order valence-electron chi connectivity index (χ0n) is 17.1. The first-order valence-electron chi connectivity index (χ1n) is 10.0. The summed E-state index contributed by atoms with van der Waals surface area (Å²) in [7, 11) is 1.54. The van der Waals surface area contributed by atoms with Gasteiger partial charge in [-0.3, -0.25) is 0 Å². The van der Waals surface area contributed by atoms with Gasteiger partial charge in [0.15, 0.2) is 0 Å². The molecule has 1 fully saturated rings. The smallest absolute Gasteiger partial charge is 0.316 e. The minimum Gasteiger partial charge on any atom is -0.467 e. The highest BCUT2D eigenvalue weighted by molar-refractivity contribution is 7.98. The summed E-state index contributed by atoms with van der Waals surface area (Å²) in [4.78, 5) is 17.0. The van der Waals surface area contributed by atoms with Crippen LogP contribution in [0, 0.1) is 5.82 Å². The summed E-state index contributed by atoms with van der Waals surface area (Å²) < 4.78 is 24.5. The number of nitrogens with zero attached hydrogens (tertiary/aromatic N) is 3. The fourth-order valence-corrected chi connectivity index (χ4v) is 4.16. The van der Waals surface area contributed by atoms with E-state index in [2.05, 4.69) is 21.2 Å². The fourth-order valence-electron chi connectivity index (χ4n) is 3.83. The molecular formula is C22H25FN4O2S. The van der Waals surface area contributed by atoms with Crippen molar-refractivity contribution in [3.63, 3.8) is 0 Å². The van der Waals surface area contributed by atoms with Crippen LogP contribution in [0.4, 0.5) is 4.39 Å². The second-order valence-corrected chi connectivity index (χ2v) is 8.14. The SMILES string of the molecule is COc1nccc(-c2[nH]c(C3CCC(OCSC)CC3)nc2-c2ccc(F)cc2)n1. The van der Waals surface area contributed by atoms with Gasteiger partial charge in [0.1, 0.15) is 11.6 Å². The summed E-state index contributed by atoms with van der Waals surface area (Å²) in [6.45, 7) is 0. The van der Waals surface area contributed by atoms with Crippen molar-refractivity contribution in [2.75, 3.05) is 19.3 Å². The van der Waals surface area contributed by atoms with E-state index in [-0.39, 0.29) is 5.82 Å². The first-order chi connectivity index (χ1) is 14.7. The van der Waals surface area contributed by atoms with Crippen LogP contribution < -0.4 is 4.74 Å². The first-order valence-corrected chi connectivity index (χ1v) is 11.4. The van der Waals surface area contributed by atoms with E-state index in [9.17, 15) is 4.39 Å². The molecule has 0 atom stereocenters. The van der Waals surface area contributed by atoms with E-state index < -0.39 is 0 Å². The molecule has 0 saturated heterocycles. The van der Waals surface area contributed by atoms with E-state index in [1.165, 1.54) is 19.2 Å². The van der Waals surface area contributed by atoms with Crippen molar-refractivity contribution in [3.8, 4) is 28.7 Å². The Morgan fingerprint density at radius 3 is 2.57 bits per heavy atom. The molecule has 2 heterocycles. The van der Waals surface area contributed by atoms with Crippen LogP contribution in [-0.4, -0.2) is 45.3 Å². The largest absolute Gasteiger partial charge is 0.467 e. The van der Waals surface area contributed by atoms with E-state index >= 15 is 0 Å². The molecule has 0 amide bonds. The monoisotopic (exact) mass is 428 g/mol. The molecule has 4 rings (SSSR count). The van der Waals surface area contributed by atoms with Gasteiger partial charge < -0.3 is 14.5 Å². The van der Waals surface area contributed by atoms with Crippen molar-refractivity contribution in [3.05, 3.63) is 48.2 Å². The number of benzene rings is 1. The average Bonchev–Trinajstić information content (AvgIpc) is 3.24. The number of aromatic amines is 1. The van der Waals surface area contributed by atoms with Gasteiger partial charge in [-0.15, -0.1) is 11.8 Å². The predicted molar refractivity (Wildman–Crippen MR) is 116 cm³/mol. The maximum absolute atomic E-state index is 13.5. The second kappa shape index (κ2) is 9.57. The first kappa shape index (κ1) is 20.8. The summed E-state index contributed by atoms with van der Waals surface area (Å²) in [6.07, 6.45) is 8.11. The lowest BCUT2D eigenvalue weighted by Crippen LogP contribution is -2.21. The molecule has 8 heteroatoms. The van der Waals surface area contributed by atoms with Gasteiger partial charge in [-0.25, -0.2) is 14.4 Å². The van der Waals surface area contributed by atoms with Gasteiger partial charge in [0.25, 0.3) is 0 Å². The summed E-state index contributed by atoms with van der Waals surface area (Å²) >= 11 is 1.71. The molecule has 6 nitrogen and oxygen atoms in total. The number of halogens is 1. The lowest BCUT2D eigenvalue weighted by molar-refractivity contribution is 0.0550. The third kappa shape index (κ3) is 4.65. The maximum atomic E-state index is 13.5. The van der Waals surface area contributed by atoms with Crippen LogP contribution in [0.1, 0.15) is 37.4 Å². The summed E-state index contributed by atoms with van der Waals surface area (Å²) in [5.74, 6) is 1.73. The fraction of sp³-hybridized carbons (Fsp3) is 0.409. The molecule has 0 bridgehead atoms. The van der Waals surface area contributed by atoms with Gasteiger partial charge in [-0.05, 0) is 62.3 Å². The highest BCUT2D eigenvalue weighted by Gasteiger charge is 2.27. The zero-order valence-corrected chi connectivity index (χ0v) is 17.9. The number of aromatic nitrogens is 4. The Labute approximate surface area is 179 Å². The Morgan fingerprint density at radius 2 is 1.87 bits per heavy atom. The molecule has 1 aliphatic carbocycles. The van der Waals surface area contributed by atoms with Gasteiger partial charge in [-0.1, -0.05) is 0 Å². The second-order valence-electron chi connectivity index (χ2n) is 7.33. The molecule has 2 aromatic heterocycles. The van der Waals surface area contributed by atoms with Gasteiger partial charge in [0.05, 0.1) is 36.2 Å². The minimum absolute atomic E-state index is 0.275. The number of H-pyrrole nitrogens is 1. The van der Waals surface area contributed by atoms with Gasteiger partial charge in [0, 0.05) is 17.7 Å². The van der Waals surface area contributed by atoms with Gasteiger partial charge in [-0.2, -0.15) is 4.98 Å². The number of methoxy groups -OCH3 is 1. The van der Waals surface area contributed by atoms with Crippen molar-refractivity contribution in [2.45, 2.75) is 37.7 Å². The molecule has 1 N–H and O–H groups in total. The Morgan fingerprint density at radius 1 is 1.10 bits per heavy atom. The van der Waals surface area contributed by atoms with Gasteiger partial charge >= 0.3 is 6.01 Å². The van der Waals surface area contributed by atoms with E-state index in [0.717, 1.165) is 54.4 Å². The van der Waals surface area contributed by atoms with Gasteiger partial charge in [0.2, 0.25) is 0 Å². The Hall–Kier alpha value is -2.45. The Balaban J connectivity index is 1.65. The molecule has 1 saturated carbocycles. The number of hydrogen-bond acceptors (Lipinski definition) is 6. The number of hydrogen-bond donors (Lipinski definition) is 1. The van der Waals surface area contributed by atoms with E-state index in [1.807, 2.05) is 6.07 Å². The van der Waals surface area contributed by atoms with Crippen LogP contribution in [0.5, 0.6) is 6.01 Å². The Bertz CT molecular complexity index is 972. The lowest BCUT2D eigenvalue weighted by atomic mass is 9.87. The molecule has 0 radical (unpaired) electrons. The molecule has 1 aliphatic rings. The van der Waals surface area contributed by atoms with Crippen LogP contribution in [-0.2, 0) is 4.74 Å². The van der Waals surface area contributed by atoms with E-state index in [4.69, 9.17) is 14.5 Å². The standard InChI is InChI=1S/C22H25FN4O2S/c1-28-22-24-12-11-18(25-22)20-19(14-3-7-16(23)8-4-14)26-21(27-20)15-5-9-17(10-6-15)29-13-30-2/h3-4,7-8,11-12,15,17H,5-6,9-10,13H2,1-2H3,(H,26,27). The molecule has 0 spiro atoms. The van der Waals surface area contributed by atoms with Crippen LogP contribution in [0.15, 0.2) is 36.5 Å². The summed E-state index contributed by atoms with van der Waals surface area (Å²) in [5.41, 5.74) is 3.07. The quantitative estimate of drug-likeness (QED) is 0.531. The maximum Gasteiger partial charge on any atom is 0.316 e. The third-order valence-electron chi connectivity index (χ3n) is 5.39. The normalized spacial score (nSPS) is 19.0. The topological polar surface area (TPSA) is 72.9 Å². The average molecular weight is 429 g/mol. The van der Waals surface area contributed by atoms with Crippen LogP contribution in [0.2, 0.25) is 0 Å². The number of thioether (sulfide) groups is 1. The predicted octanol–water partition coefficient (Wildman–Crippen LogP) is 5.04. The highest BCUT2D eigenvalue weighted by atomic mass is 32.2. The minimum atomic E-state index is -0.275. The number of rotatable bonds is 7. The number of ether oxygens (including phenoxy) is 2. The molecule has 0 aliphatic heterocycles. The van der Waals surface area contributed by atoms with Crippen LogP contribution in [0.25, 0.3) is 22.6 Å². The molecule has 3 aromatic rings. The van der Waals surface area contributed by atoms with E-state index in [0.29, 0.717) is 23.7 Å². The number of imidazole rings is 1. The molecular weight excluding hydrogens is 403 g/mol. The Kier molecular flexibility index (Phi) is 6.64. The molecule has 1 aromatic carbocycles. The van der Waals surface area contributed by atoms with Crippen molar-refractivity contribution >= 4 is 11.8 Å². The van der Waals surface area contributed by atoms with Crippen molar-refractivity contribution in [1.29, 1.82) is 0 Å². The number of nitrogens with one attached hydrogen (secondary N) is 1. The zero-order chi connectivity index (χ0) is 20.9. The molecule has 30 heavy (non-hydrogen) atoms. The van der Waals surface area contributed by atoms with Crippen molar-refractivity contribution in [2.24, 2.45) is 0 Å². The van der Waals surface area contributed by atoms with Crippen LogP contribution in [0.3, 0.4) is 0 Å². The summed E-state index contributed by atoms with van der Waals surface area (Å²) in [5, 5.41) is 0. The highest BCUT2D eigenvalue weighted by Crippen LogP contribution is 2.37. The van der Waals surface area contributed by atoms with Crippen LogP contribution >= 0.6 is 11.8 Å². The molecule has 0 unspecified atom stereocenters. The van der Waals surface area contributed by atoms with Crippen molar-refractivity contribution < 1.29 is 13.9 Å². The third-order valence-corrected chi connectivity index (χ3v) is 5.77. The van der Waals surface area contributed by atoms with E-state index in [1.54, 1.807) is 30.1 Å². The lowest BCUT2D eigenvalue weighted by Gasteiger charge is -2.27. The van der Waals surface area contributed by atoms with Crippen molar-refractivity contribution in [1.82, 2.24) is 19.9 Å².